The summed E-state index contributed by atoms with van der Waals surface area (Å²) in [6.07, 6.45) is -0.231. The molecule has 3 nitrogen and oxygen atoms in total. The van der Waals surface area contributed by atoms with Crippen molar-refractivity contribution in [2.75, 3.05) is 13.1 Å². The fourth-order valence-corrected chi connectivity index (χ4v) is 2.48. The standard InChI is InChI=1S/C13H21F3N2O/c14-13(15,16)7-1-2-8-18-9-3-4-11(12(18)19)17-10-5-6-10/h10-11,17H,1-9H2. The average molecular weight is 278 g/mol. The van der Waals surface area contributed by atoms with Gasteiger partial charge in [-0.15, -0.1) is 0 Å². The number of rotatable bonds is 6. The summed E-state index contributed by atoms with van der Waals surface area (Å²) >= 11 is 0. The second-order valence-electron chi connectivity index (χ2n) is 5.53. The van der Waals surface area contributed by atoms with Gasteiger partial charge in [0.05, 0.1) is 6.04 Å². The number of carbonyl (C=O) groups is 1. The van der Waals surface area contributed by atoms with Crippen molar-refractivity contribution in [3.8, 4) is 0 Å². The molecule has 1 amide bonds. The molecule has 1 saturated carbocycles. The van der Waals surface area contributed by atoms with Crippen LogP contribution in [-0.2, 0) is 4.79 Å². The van der Waals surface area contributed by atoms with Gasteiger partial charge < -0.3 is 10.2 Å². The van der Waals surface area contributed by atoms with Crippen LogP contribution in [-0.4, -0.2) is 42.2 Å². The number of nitrogens with zero attached hydrogens (tertiary/aromatic N) is 1. The van der Waals surface area contributed by atoms with Gasteiger partial charge in [0, 0.05) is 25.6 Å². The molecular formula is C13H21F3N2O. The summed E-state index contributed by atoms with van der Waals surface area (Å²) in [4.78, 5) is 13.8. The number of hydrogen-bond acceptors (Lipinski definition) is 2. The highest BCUT2D eigenvalue weighted by atomic mass is 19.4. The van der Waals surface area contributed by atoms with Crippen LogP contribution in [0.25, 0.3) is 0 Å². The fourth-order valence-electron chi connectivity index (χ4n) is 2.48. The molecule has 2 aliphatic rings. The highest BCUT2D eigenvalue weighted by Gasteiger charge is 2.33. The molecule has 1 atom stereocenters. The number of nitrogens with one attached hydrogen (secondary N) is 1. The molecule has 19 heavy (non-hydrogen) atoms. The maximum Gasteiger partial charge on any atom is 0.389 e. The SMILES string of the molecule is O=C1C(NC2CC2)CCCN1CCCCC(F)(F)F. The number of alkyl halides is 3. The highest BCUT2D eigenvalue weighted by Crippen LogP contribution is 2.24. The van der Waals surface area contributed by atoms with E-state index >= 15 is 0 Å². The molecule has 0 spiro atoms. The van der Waals surface area contributed by atoms with Crippen molar-refractivity contribution in [1.82, 2.24) is 10.2 Å². The summed E-state index contributed by atoms with van der Waals surface area (Å²) in [7, 11) is 0. The van der Waals surface area contributed by atoms with Crippen LogP contribution in [0.15, 0.2) is 0 Å². The smallest absolute Gasteiger partial charge is 0.341 e. The second-order valence-corrected chi connectivity index (χ2v) is 5.53. The molecule has 0 bridgehead atoms. The minimum atomic E-state index is -4.08. The van der Waals surface area contributed by atoms with E-state index in [4.69, 9.17) is 0 Å². The van der Waals surface area contributed by atoms with Gasteiger partial charge in [0.2, 0.25) is 5.91 Å². The van der Waals surface area contributed by atoms with Gasteiger partial charge in [0.15, 0.2) is 0 Å². The van der Waals surface area contributed by atoms with Crippen LogP contribution >= 0.6 is 0 Å². The topological polar surface area (TPSA) is 32.3 Å². The second kappa shape index (κ2) is 6.11. The quantitative estimate of drug-likeness (QED) is 0.757. The van der Waals surface area contributed by atoms with Crippen molar-refractivity contribution in [3.63, 3.8) is 0 Å². The molecule has 1 aliphatic heterocycles. The number of carbonyl (C=O) groups excluding carboxylic acids is 1. The normalized spacial score (nSPS) is 24.9. The summed E-state index contributed by atoms with van der Waals surface area (Å²) in [6, 6.07) is 0.378. The minimum Gasteiger partial charge on any atom is -0.341 e. The van der Waals surface area contributed by atoms with Crippen LogP contribution in [0.1, 0.15) is 44.9 Å². The van der Waals surface area contributed by atoms with E-state index in [2.05, 4.69) is 5.32 Å². The lowest BCUT2D eigenvalue weighted by atomic mass is 10.0. The maximum absolute atomic E-state index is 12.1. The number of halogens is 3. The summed E-state index contributed by atoms with van der Waals surface area (Å²) in [5.41, 5.74) is 0. The third-order valence-electron chi connectivity index (χ3n) is 3.68. The van der Waals surface area contributed by atoms with E-state index < -0.39 is 12.6 Å². The zero-order valence-electron chi connectivity index (χ0n) is 11.0. The summed E-state index contributed by atoms with van der Waals surface area (Å²) in [6.45, 7) is 1.14. The minimum absolute atomic E-state index is 0.0742. The summed E-state index contributed by atoms with van der Waals surface area (Å²) in [5.74, 6) is 0.0742. The predicted octanol–water partition coefficient (Wildman–Crippen LogP) is 2.46. The molecule has 1 heterocycles. The van der Waals surface area contributed by atoms with Crippen molar-refractivity contribution < 1.29 is 18.0 Å². The fraction of sp³-hybridized carbons (Fsp3) is 0.923. The lowest BCUT2D eigenvalue weighted by Crippen LogP contribution is -2.51. The van der Waals surface area contributed by atoms with E-state index in [0.29, 0.717) is 25.6 Å². The molecular weight excluding hydrogens is 257 g/mol. The first kappa shape index (κ1) is 14.6. The lowest BCUT2D eigenvalue weighted by molar-refractivity contribution is -0.137. The van der Waals surface area contributed by atoms with Gasteiger partial charge in [-0.2, -0.15) is 13.2 Å². The third kappa shape index (κ3) is 5.01. The number of likely N-dealkylation sites (tertiary alicyclic amines) is 1. The lowest BCUT2D eigenvalue weighted by Gasteiger charge is -2.33. The zero-order valence-corrected chi connectivity index (χ0v) is 11.0. The van der Waals surface area contributed by atoms with Crippen LogP contribution in [0.4, 0.5) is 13.2 Å². The van der Waals surface area contributed by atoms with E-state index in [1.165, 1.54) is 0 Å². The molecule has 1 aliphatic carbocycles. The summed E-state index contributed by atoms with van der Waals surface area (Å²) < 4.78 is 36.1. The Morgan fingerprint density at radius 1 is 1.21 bits per heavy atom. The van der Waals surface area contributed by atoms with E-state index in [0.717, 1.165) is 25.7 Å². The van der Waals surface area contributed by atoms with Gasteiger partial charge in [0.1, 0.15) is 0 Å². The summed E-state index contributed by atoms with van der Waals surface area (Å²) in [5, 5.41) is 3.32. The maximum atomic E-state index is 12.1. The van der Waals surface area contributed by atoms with E-state index in [1.807, 2.05) is 0 Å². The highest BCUT2D eigenvalue weighted by molar-refractivity contribution is 5.82. The van der Waals surface area contributed by atoms with Crippen molar-refractivity contribution in [1.29, 1.82) is 0 Å². The predicted molar refractivity (Wildman–Crippen MR) is 65.7 cm³/mol. The Balaban J connectivity index is 1.68. The molecule has 0 radical (unpaired) electrons. The van der Waals surface area contributed by atoms with Crippen molar-refractivity contribution in [3.05, 3.63) is 0 Å². The molecule has 0 aromatic carbocycles. The van der Waals surface area contributed by atoms with Crippen molar-refractivity contribution in [2.24, 2.45) is 0 Å². The van der Waals surface area contributed by atoms with E-state index in [1.54, 1.807) is 4.90 Å². The Hall–Kier alpha value is -0.780. The van der Waals surface area contributed by atoms with E-state index in [-0.39, 0.29) is 18.4 Å². The molecule has 6 heteroatoms. The van der Waals surface area contributed by atoms with Gasteiger partial charge in [-0.25, -0.2) is 0 Å². The average Bonchev–Trinajstić information content (AvgIpc) is 3.11. The van der Waals surface area contributed by atoms with Crippen LogP contribution in [0.5, 0.6) is 0 Å². The Labute approximate surface area is 111 Å². The molecule has 2 rings (SSSR count). The van der Waals surface area contributed by atoms with Crippen molar-refractivity contribution in [2.45, 2.75) is 63.2 Å². The first-order valence-corrected chi connectivity index (χ1v) is 7.07. The van der Waals surface area contributed by atoms with Gasteiger partial charge in [0.25, 0.3) is 0 Å². The number of hydrogen-bond donors (Lipinski definition) is 1. The van der Waals surface area contributed by atoms with Gasteiger partial charge >= 0.3 is 6.18 Å². The molecule has 1 N–H and O–H groups in total. The Morgan fingerprint density at radius 3 is 2.58 bits per heavy atom. The first-order valence-electron chi connectivity index (χ1n) is 7.07. The van der Waals surface area contributed by atoms with Crippen LogP contribution < -0.4 is 5.32 Å². The molecule has 2 fully saturated rings. The van der Waals surface area contributed by atoms with Crippen LogP contribution in [0, 0.1) is 0 Å². The largest absolute Gasteiger partial charge is 0.389 e. The monoisotopic (exact) mass is 278 g/mol. The number of piperidine rings is 1. The first-order chi connectivity index (χ1) is 8.96. The number of amides is 1. The van der Waals surface area contributed by atoms with Gasteiger partial charge in [-0.1, -0.05) is 0 Å². The Bertz CT molecular complexity index is 316. The van der Waals surface area contributed by atoms with Gasteiger partial charge in [-0.3, -0.25) is 4.79 Å². The Morgan fingerprint density at radius 2 is 1.95 bits per heavy atom. The van der Waals surface area contributed by atoms with Gasteiger partial charge in [-0.05, 0) is 38.5 Å². The third-order valence-corrected chi connectivity index (χ3v) is 3.68. The molecule has 1 unspecified atom stereocenters. The molecule has 110 valence electrons. The van der Waals surface area contributed by atoms with Crippen LogP contribution in [0.2, 0.25) is 0 Å². The molecule has 1 saturated heterocycles. The molecule has 0 aromatic heterocycles. The zero-order chi connectivity index (χ0) is 13.9. The number of unbranched alkanes of at least 4 members (excludes halogenated alkanes) is 1. The Kier molecular flexibility index (Phi) is 4.71. The van der Waals surface area contributed by atoms with Crippen LogP contribution in [0.3, 0.4) is 0 Å². The van der Waals surface area contributed by atoms with E-state index in [9.17, 15) is 18.0 Å². The molecule has 0 aromatic rings. The van der Waals surface area contributed by atoms with Crippen molar-refractivity contribution >= 4 is 5.91 Å².